The van der Waals surface area contributed by atoms with E-state index in [1.807, 2.05) is 0 Å². The lowest BCUT2D eigenvalue weighted by Crippen LogP contribution is -2.11. The topological polar surface area (TPSA) is 262 Å². The molecule has 0 saturated heterocycles. The Labute approximate surface area is 301 Å². The quantitative estimate of drug-likeness (QED) is 0.0698. The molecule has 1 amide bonds. The van der Waals surface area contributed by atoms with Crippen molar-refractivity contribution in [2.24, 2.45) is 20.5 Å². The van der Waals surface area contributed by atoms with Crippen LogP contribution in [0.5, 0.6) is 5.75 Å². The summed E-state index contributed by atoms with van der Waals surface area (Å²) in [5.74, 6) is -0.798. The molecule has 0 aliphatic rings. The molecule has 0 heterocycles. The van der Waals surface area contributed by atoms with Crippen molar-refractivity contribution in [3.63, 3.8) is 0 Å². The Kier molecular flexibility index (Phi) is 9.64. The van der Waals surface area contributed by atoms with Crippen LogP contribution in [0, 0.1) is 6.92 Å². The molecule has 6 rings (SSSR count). The minimum Gasteiger partial charge on any atom is -0.505 e. The Hall–Kier alpha value is -5.96. The van der Waals surface area contributed by atoms with Gasteiger partial charge >= 0.3 is 0 Å². The zero-order chi connectivity index (χ0) is 38.3. The summed E-state index contributed by atoms with van der Waals surface area (Å²) in [7, 11) is -14.3. The van der Waals surface area contributed by atoms with Crippen molar-refractivity contribution >= 4 is 86.2 Å². The Morgan fingerprint density at radius 2 is 1.19 bits per heavy atom. The largest absolute Gasteiger partial charge is 0.505 e. The Bertz CT molecular complexity index is 2880. The van der Waals surface area contributed by atoms with E-state index in [-0.39, 0.29) is 49.9 Å². The van der Waals surface area contributed by atoms with E-state index in [1.165, 1.54) is 54.6 Å². The first-order valence-electron chi connectivity index (χ1n) is 15.0. The van der Waals surface area contributed by atoms with Gasteiger partial charge < -0.3 is 10.4 Å². The number of azo groups is 2. The second kappa shape index (κ2) is 13.9. The molecule has 0 aliphatic heterocycles. The fraction of sp³-hybridized carbons (Fsp3) is 0.0294. The third-order valence-corrected chi connectivity index (χ3v) is 10.4. The molecule has 5 N–H and O–H groups in total. The van der Waals surface area contributed by atoms with Gasteiger partial charge in [-0.25, -0.2) is 0 Å². The third-order valence-electron chi connectivity index (χ3n) is 7.82. The van der Waals surface area contributed by atoms with Gasteiger partial charge in [-0.1, -0.05) is 30.3 Å². The first-order chi connectivity index (χ1) is 24.9. The van der Waals surface area contributed by atoms with Gasteiger partial charge in [-0.05, 0) is 90.7 Å². The molecule has 0 unspecified atom stereocenters. The number of carbonyl (C=O) groups excluding carboxylic acids is 1. The highest BCUT2D eigenvalue weighted by molar-refractivity contribution is 7.87. The number of nitrogens with one attached hydrogen (secondary N) is 1. The number of nitrogens with zero attached hydrogens (tertiary/aromatic N) is 4. The van der Waals surface area contributed by atoms with Crippen LogP contribution in [0.25, 0.3) is 21.5 Å². The van der Waals surface area contributed by atoms with Crippen molar-refractivity contribution in [1.29, 1.82) is 0 Å². The third kappa shape index (κ3) is 8.09. The standard InChI is InChI=1S/C34H25N5O11S3/c1-19-14-23(12-13-29(19)38-37-24-11-8-21-15-25(51(42,43)44)17-31(28(21)16-24)52(45,46)47)35-34(41)20-6-9-22(10-7-20)36-39-30-18-32(53(48,49)50)26-4-2-3-5-27(26)33(30)40/h2-18,40H,1H3,(H,35,41)(H,42,43,44)(H,45,46,47)(H,48,49,50). The minimum absolute atomic E-state index is 0.0549. The highest BCUT2D eigenvalue weighted by Gasteiger charge is 2.21. The normalized spacial score (nSPS) is 12.6. The van der Waals surface area contributed by atoms with Crippen molar-refractivity contribution in [1.82, 2.24) is 0 Å². The number of phenolic OH excluding ortho intramolecular Hbond substituents is 1. The number of phenols is 1. The molecule has 0 radical (unpaired) electrons. The van der Waals surface area contributed by atoms with Crippen LogP contribution >= 0.6 is 0 Å². The number of hydrogen-bond acceptors (Lipinski definition) is 12. The van der Waals surface area contributed by atoms with Crippen molar-refractivity contribution < 1.29 is 48.8 Å². The number of aromatic hydroxyl groups is 1. The number of fused-ring (bicyclic) bond motifs is 2. The molecule has 0 fully saturated rings. The molecule has 0 aromatic heterocycles. The molecule has 0 bridgehead atoms. The van der Waals surface area contributed by atoms with Gasteiger partial charge in [-0.15, -0.1) is 5.11 Å². The van der Waals surface area contributed by atoms with Gasteiger partial charge in [0.05, 0.1) is 22.0 Å². The average Bonchev–Trinajstić information content (AvgIpc) is 3.09. The minimum atomic E-state index is -4.89. The summed E-state index contributed by atoms with van der Waals surface area (Å²) in [5, 5.41) is 30.0. The first kappa shape index (κ1) is 36.8. The van der Waals surface area contributed by atoms with Crippen LogP contribution in [-0.2, 0) is 30.4 Å². The molecule has 0 atom stereocenters. The van der Waals surface area contributed by atoms with E-state index in [2.05, 4.69) is 25.8 Å². The first-order valence-corrected chi connectivity index (χ1v) is 19.3. The lowest BCUT2D eigenvalue weighted by atomic mass is 10.1. The number of rotatable bonds is 9. The van der Waals surface area contributed by atoms with E-state index in [0.29, 0.717) is 23.0 Å². The SMILES string of the molecule is Cc1cc(NC(=O)c2ccc(N=Nc3cc(S(=O)(=O)O)c4ccccc4c3O)cc2)ccc1N=Nc1ccc2cc(S(=O)(=O)O)cc(S(=O)(=O)O)c2c1. The number of aryl methyl sites for hydroxylation is 1. The predicted molar refractivity (Wildman–Crippen MR) is 193 cm³/mol. The van der Waals surface area contributed by atoms with Gasteiger partial charge in [-0.2, -0.15) is 40.6 Å². The molecule has 16 nitrogen and oxygen atoms in total. The summed E-state index contributed by atoms with van der Waals surface area (Å²) >= 11 is 0. The van der Waals surface area contributed by atoms with E-state index in [0.717, 1.165) is 12.1 Å². The molecular weight excluding hydrogens is 751 g/mol. The van der Waals surface area contributed by atoms with E-state index in [9.17, 15) is 48.8 Å². The van der Waals surface area contributed by atoms with Crippen LogP contribution in [0.3, 0.4) is 0 Å². The van der Waals surface area contributed by atoms with Crippen molar-refractivity contribution in [2.45, 2.75) is 21.6 Å². The van der Waals surface area contributed by atoms with Crippen molar-refractivity contribution in [2.75, 3.05) is 5.32 Å². The second-order valence-electron chi connectivity index (χ2n) is 11.4. The molecular formula is C34H25N5O11S3. The number of hydrogen-bond donors (Lipinski definition) is 5. The van der Waals surface area contributed by atoms with E-state index < -0.39 is 50.9 Å². The zero-order valence-electron chi connectivity index (χ0n) is 27.0. The summed E-state index contributed by atoms with van der Waals surface area (Å²) in [6.07, 6.45) is 0. The summed E-state index contributed by atoms with van der Waals surface area (Å²) in [6, 6.07) is 23.5. The highest BCUT2D eigenvalue weighted by atomic mass is 32.2. The van der Waals surface area contributed by atoms with Gasteiger partial charge in [0.25, 0.3) is 36.3 Å². The number of anilines is 1. The smallest absolute Gasteiger partial charge is 0.295 e. The Balaban J connectivity index is 1.16. The van der Waals surface area contributed by atoms with Crippen molar-refractivity contribution in [3.8, 4) is 5.75 Å². The summed E-state index contributed by atoms with van der Waals surface area (Å²) < 4.78 is 99.8. The van der Waals surface area contributed by atoms with E-state index >= 15 is 0 Å². The van der Waals surface area contributed by atoms with Gasteiger partial charge in [0.15, 0.2) is 5.75 Å². The fourth-order valence-electron chi connectivity index (χ4n) is 5.26. The lowest BCUT2D eigenvalue weighted by Gasteiger charge is -2.09. The zero-order valence-corrected chi connectivity index (χ0v) is 29.4. The molecule has 6 aromatic carbocycles. The molecule has 53 heavy (non-hydrogen) atoms. The van der Waals surface area contributed by atoms with E-state index in [4.69, 9.17) is 0 Å². The Morgan fingerprint density at radius 3 is 1.83 bits per heavy atom. The summed E-state index contributed by atoms with van der Waals surface area (Å²) in [5.41, 5.74) is 1.93. The van der Waals surface area contributed by atoms with Gasteiger partial charge in [-0.3, -0.25) is 18.5 Å². The van der Waals surface area contributed by atoms with E-state index in [1.54, 1.807) is 37.3 Å². The van der Waals surface area contributed by atoms with Gasteiger partial charge in [0, 0.05) is 27.4 Å². The highest BCUT2D eigenvalue weighted by Crippen LogP contribution is 2.40. The number of carbonyl (C=O) groups is 1. The fourth-order valence-corrected chi connectivity index (χ4v) is 7.33. The van der Waals surface area contributed by atoms with Crippen molar-refractivity contribution in [3.05, 3.63) is 114 Å². The summed E-state index contributed by atoms with van der Waals surface area (Å²) in [6.45, 7) is 1.71. The van der Waals surface area contributed by atoms with Crippen LogP contribution in [-0.4, -0.2) is 49.9 Å². The lowest BCUT2D eigenvalue weighted by molar-refractivity contribution is 0.102. The van der Waals surface area contributed by atoms with Crippen LogP contribution < -0.4 is 5.32 Å². The number of amides is 1. The van der Waals surface area contributed by atoms with Gasteiger partial charge in [0.2, 0.25) is 0 Å². The summed E-state index contributed by atoms with van der Waals surface area (Å²) in [4.78, 5) is 11.1. The van der Waals surface area contributed by atoms with Crippen LogP contribution in [0.1, 0.15) is 15.9 Å². The molecule has 0 spiro atoms. The molecule has 0 saturated carbocycles. The number of benzene rings is 6. The maximum absolute atomic E-state index is 13.0. The molecule has 19 heteroatoms. The predicted octanol–water partition coefficient (Wildman–Crippen LogP) is 7.83. The molecule has 0 aliphatic carbocycles. The maximum Gasteiger partial charge on any atom is 0.295 e. The average molecular weight is 776 g/mol. The van der Waals surface area contributed by atoms with Crippen LogP contribution in [0.15, 0.2) is 138 Å². The monoisotopic (exact) mass is 775 g/mol. The van der Waals surface area contributed by atoms with Crippen LogP contribution in [0.4, 0.5) is 28.4 Å². The van der Waals surface area contributed by atoms with Gasteiger partial charge in [0.1, 0.15) is 15.5 Å². The Morgan fingerprint density at radius 1 is 0.585 bits per heavy atom. The second-order valence-corrected chi connectivity index (χ2v) is 15.6. The molecule has 6 aromatic rings. The molecule has 270 valence electrons. The maximum atomic E-state index is 13.0. The van der Waals surface area contributed by atoms with Crippen LogP contribution in [0.2, 0.25) is 0 Å².